The Hall–Kier alpha value is -1.35. The fraction of sp³-hybridized carbons (Fsp3) is 0.588. The van der Waals surface area contributed by atoms with Gasteiger partial charge >= 0.3 is 0 Å². The number of carbonyl (C=O) groups excluding carboxylic acids is 1. The summed E-state index contributed by atoms with van der Waals surface area (Å²) in [6.45, 7) is 7.93. The normalized spacial score (nSPS) is 18.3. The van der Waals surface area contributed by atoms with Crippen LogP contribution in [0.25, 0.3) is 0 Å². The van der Waals surface area contributed by atoms with E-state index in [1.807, 2.05) is 6.92 Å². The molecule has 0 aromatic heterocycles. The molecular formula is C17H26N2O. The maximum absolute atomic E-state index is 11.9. The maximum atomic E-state index is 11.9. The molecule has 0 saturated heterocycles. The second-order valence-corrected chi connectivity index (χ2v) is 6.20. The predicted octanol–water partition coefficient (Wildman–Crippen LogP) is 2.47. The Bertz CT molecular complexity index is 456. The van der Waals surface area contributed by atoms with E-state index in [4.69, 9.17) is 0 Å². The summed E-state index contributed by atoms with van der Waals surface area (Å²) < 4.78 is 0. The summed E-state index contributed by atoms with van der Waals surface area (Å²) in [5, 5.41) is 6.34. The maximum Gasteiger partial charge on any atom is 0.236 e. The Labute approximate surface area is 122 Å². The molecule has 20 heavy (non-hydrogen) atoms. The Morgan fingerprint density at radius 1 is 1.30 bits per heavy atom. The first-order valence-electron chi connectivity index (χ1n) is 7.66. The zero-order valence-electron chi connectivity index (χ0n) is 12.8. The summed E-state index contributed by atoms with van der Waals surface area (Å²) in [6, 6.07) is 8.45. The molecule has 0 saturated carbocycles. The van der Waals surface area contributed by atoms with Gasteiger partial charge in [0.15, 0.2) is 0 Å². The molecule has 2 rings (SSSR count). The van der Waals surface area contributed by atoms with Gasteiger partial charge in [0.2, 0.25) is 5.91 Å². The van der Waals surface area contributed by atoms with E-state index in [0.717, 1.165) is 25.9 Å². The minimum Gasteiger partial charge on any atom is -0.355 e. The standard InChI is InChI=1S/C17H26N2O/c1-12(2)8-9-18-17(20)13(3)19-11-15-10-14-6-4-5-7-16(14)15/h4-7,12-13,15,19H,8-11H2,1-3H3,(H,18,20). The van der Waals surface area contributed by atoms with Crippen LogP contribution < -0.4 is 10.6 Å². The van der Waals surface area contributed by atoms with Crippen molar-refractivity contribution in [2.24, 2.45) is 5.92 Å². The third-order valence-corrected chi connectivity index (χ3v) is 4.05. The Morgan fingerprint density at radius 2 is 2.05 bits per heavy atom. The van der Waals surface area contributed by atoms with Crippen LogP contribution in [0.15, 0.2) is 24.3 Å². The van der Waals surface area contributed by atoms with Crippen LogP contribution in [0.3, 0.4) is 0 Å². The van der Waals surface area contributed by atoms with Gasteiger partial charge in [-0.2, -0.15) is 0 Å². The third-order valence-electron chi connectivity index (χ3n) is 4.05. The van der Waals surface area contributed by atoms with Crippen molar-refractivity contribution >= 4 is 5.91 Å². The van der Waals surface area contributed by atoms with E-state index in [9.17, 15) is 4.79 Å². The highest BCUT2D eigenvalue weighted by atomic mass is 16.2. The molecule has 0 radical (unpaired) electrons. The van der Waals surface area contributed by atoms with Crippen molar-refractivity contribution in [3.63, 3.8) is 0 Å². The van der Waals surface area contributed by atoms with E-state index >= 15 is 0 Å². The Balaban J connectivity index is 1.68. The molecule has 2 N–H and O–H groups in total. The number of hydrogen-bond donors (Lipinski definition) is 2. The van der Waals surface area contributed by atoms with Crippen molar-refractivity contribution in [2.75, 3.05) is 13.1 Å². The van der Waals surface area contributed by atoms with Gasteiger partial charge < -0.3 is 10.6 Å². The van der Waals surface area contributed by atoms with Gasteiger partial charge in [0.1, 0.15) is 0 Å². The SMILES string of the molecule is CC(C)CCNC(=O)C(C)NCC1Cc2ccccc21. The summed E-state index contributed by atoms with van der Waals surface area (Å²) in [5.41, 5.74) is 2.89. The monoisotopic (exact) mass is 274 g/mol. The minimum atomic E-state index is -0.116. The summed E-state index contributed by atoms with van der Waals surface area (Å²) in [7, 11) is 0. The number of fused-ring (bicyclic) bond motifs is 1. The Morgan fingerprint density at radius 3 is 2.75 bits per heavy atom. The predicted molar refractivity (Wildman–Crippen MR) is 82.8 cm³/mol. The first-order chi connectivity index (χ1) is 9.58. The lowest BCUT2D eigenvalue weighted by Gasteiger charge is -2.31. The van der Waals surface area contributed by atoms with E-state index in [1.165, 1.54) is 11.1 Å². The summed E-state index contributed by atoms with van der Waals surface area (Å²) in [4.78, 5) is 11.9. The van der Waals surface area contributed by atoms with Gasteiger partial charge in [-0.15, -0.1) is 0 Å². The topological polar surface area (TPSA) is 41.1 Å². The molecule has 3 heteroatoms. The quantitative estimate of drug-likeness (QED) is 0.802. The van der Waals surface area contributed by atoms with Gasteiger partial charge in [-0.25, -0.2) is 0 Å². The number of rotatable bonds is 7. The molecule has 2 unspecified atom stereocenters. The van der Waals surface area contributed by atoms with Crippen LogP contribution in [0.2, 0.25) is 0 Å². The molecule has 1 amide bonds. The van der Waals surface area contributed by atoms with Crippen LogP contribution in [0, 0.1) is 5.92 Å². The van der Waals surface area contributed by atoms with Crippen LogP contribution in [-0.4, -0.2) is 25.0 Å². The number of amides is 1. The molecular weight excluding hydrogens is 248 g/mol. The molecule has 110 valence electrons. The summed E-state index contributed by atoms with van der Waals surface area (Å²) in [6.07, 6.45) is 2.17. The van der Waals surface area contributed by atoms with Crippen LogP contribution in [0.4, 0.5) is 0 Å². The molecule has 1 aliphatic rings. The second-order valence-electron chi connectivity index (χ2n) is 6.20. The highest BCUT2D eigenvalue weighted by Crippen LogP contribution is 2.33. The van der Waals surface area contributed by atoms with Crippen LogP contribution in [0.1, 0.15) is 44.2 Å². The van der Waals surface area contributed by atoms with E-state index in [2.05, 4.69) is 48.7 Å². The van der Waals surface area contributed by atoms with E-state index in [1.54, 1.807) is 0 Å². The molecule has 1 aromatic rings. The van der Waals surface area contributed by atoms with Gasteiger partial charge in [-0.1, -0.05) is 38.1 Å². The Kier molecular flexibility index (Phi) is 5.18. The molecule has 0 heterocycles. The van der Waals surface area contributed by atoms with Crippen molar-refractivity contribution in [3.8, 4) is 0 Å². The lowest BCUT2D eigenvalue weighted by atomic mass is 9.77. The second kappa shape index (κ2) is 6.89. The molecule has 0 aliphatic heterocycles. The average molecular weight is 274 g/mol. The molecule has 1 aromatic carbocycles. The minimum absolute atomic E-state index is 0.109. The van der Waals surface area contributed by atoms with E-state index in [-0.39, 0.29) is 11.9 Å². The lowest BCUT2D eigenvalue weighted by molar-refractivity contribution is -0.122. The lowest BCUT2D eigenvalue weighted by Crippen LogP contribution is -2.45. The van der Waals surface area contributed by atoms with Crippen LogP contribution in [-0.2, 0) is 11.2 Å². The zero-order chi connectivity index (χ0) is 14.5. The largest absolute Gasteiger partial charge is 0.355 e. The molecule has 2 atom stereocenters. The molecule has 0 bridgehead atoms. The van der Waals surface area contributed by atoms with E-state index < -0.39 is 0 Å². The van der Waals surface area contributed by atoms with Gasteiger partial charge in [0.25, 0.3) is 0 Å². The number of benzene rings is 1. The first kappa shape index (κ1) is 15.0. The number of hydrogen-bond acceptors (Lipinski definition) is 2. The van der Waals surface area contributed by atoms with Gasteiger partial charge in [0, 0.05) is 19.0 Å². The molecule has 1 aliphatic carbocycles. The van der Waals surface area contributed by atoms with Crippen LogP contribution >= 0.6 is 0 Å². The molecule has 0 spiro atoms. The summed E-state index contributed by atoms with van der Waals surface area (Å²) >= 11 is 0. The van der Waals surface area contributed by atoms with E-state index in [0.29, 0.717) is 11.8 Å². The van der Waals surface area contributed by atoms with Crippen molar-refractivity contribution in [3.05, 3.63) is 35.4 Å². The number of carbonyl (C=O) groups is 1. The van der Waals surface area contributed by atoms with Crippen molar-refractivity contribution in [1.29, 1.82) is 0 Å². The first-order valence-corrected chi connectivity index (χ1v) is 7.66. The third kappa shape index (κ3) is 3.83. The van der Waals surface area contributed by atoms with Crippen molar-refractivity contribution in [1.82, 2.24) is 10.6 Å². The highest BCUT2D eigenvalue weighted by molar-refractivity contribution is 5.81. The smallest absolute Gasteiger partial charge is 0.236 e. The highest BCUT2D eigenvalue weighted by Gasteiger charge is 2.26. The van der Waals surface area contributed by atoms with Crippen molar-refractivity contribution < 1.29 is 4.79 Å². The van der Waals surface area contributed by atoms with Gasteiger partial charge in [-0.05, 0) is 36.8 Å². The number of nitrogens with one attached hydrogen (secondary N) is 2. The fourth-order valence-corrected chi connectivity index (χ4v) is 2.59. The zero-order valence-corrected chi connectivity index (χ0v) is 12.8. The van der Waals surface area contributed by atoms with Gasteiger partial charge in [0.05, 0.1) is 6.04 Å². The summed E-state index contributed by atoms with van der Waals surface area (Å²) in [5.74, 6) is 1.31. The van der Waals surface area contributed by atoms with Crippen molar-refractivity contribution in [2.45, 2.75) is 45.6 Å². The fourth-order valence-electron chi connectivity index (χ4n) is 2.59. The van der Waals surface area contributed by atoms with Crippen LogP contribution in [0.5, 0.6) is 0 Å². The van der Waals surface area contributed by atoms with Gasteiger partial charge in [-0.3, -0.25) is 4.79 Å². The molecule has 3 nitrogen and oxygen atoms in total. The molecule has 0 fully saturated rings. The average Bonchev–Trinajstić information content (AvgIpc) is 2.39.